The fourth-order valence-electron chi connectivity index (χ4n) is 4.38. The summed E-state index contributed by atoms with van der Waals surface area (Å²) < 4.78 is 13.7. The van der Waals surface area contributed by atoms with Crippen LogP contribution in [0, 0.1) is 5.82 Å². The predicted molar refractivity (Wildman–Crippen MR) is 114 cm³/mol. The van der Waals surface area contributed by atoms with Crippen LogP contribution in [-0.4, -0.2) is 10.8 Å². The highest BCUT2D eigenvalue weighted by Gasteiger charge is 2.32. The zero-order chi connectivity index (χ0) is 19.5. The van der Waals surface area contributed by atoms with Gasteiger partial charge < -0.3 is 0 Å². The lowest BCUT2D eigenvalue weighted by Gasteiger charge is -2.14. The van der Waals surface area contributed by atoms with Gasteiger partial charge in [0.2, 0.25) is 0 Å². The SMILES string of the molecule is O=C1c2ccccc2-c2nc3ccc4ccccc4c3c(-c3ccc(F)cc3)c21. The molecule has 0 saturated carbocycles. The third-order valence-electron chi connectivity index (χ3n) is 5.66. The van der Waals surface area contributed by atoms with E-state index in [1.165, 1.54) is 12.1 Å². The van der Waals surface area contributed by atoms with E-state index in [-0.39, 0.29) is 11.6 Å². The number of nitrogens with zero attached hydrogens (tertiary/aromatic N) is 1. The second-order valence-corrected chi connectivity index (χ2v) is 7.27. The smallest absolute Gasteiger partial charge is 0.196 e. The molecule has 3 heteroatoms. The van der Waals surface area contributed by atoms with Crippen molar-refractivity contribution in [2.45, 2.75) is 0 Å². The number of carbonyl (C=O) groups is 1. The van der Waals surface area contributed by atoms with Crippen molar-refractivity contribution in [3.63, 3.8) is 0 Å². The lowest BCUT2D eigenvalue weighted by molar-refractivity contribution is 0.104. The number of rotatable bonds is 1. The van der Waals surface area contributed by atoms with Crippen molar-refractivity contribution in [1.82, 2.24) is 4.98 Å². The van der Waals surface area contributed by atoms with Gasteiger partial charge >= 0.3 is 0 Å². The molecule has 6 rings (SSSR count). The zero-order valence-electron chi connectivity index (χ0n) is 15.3. The molecule has 0 radical (unpaired) electrons. The molecule has 0 amide bonds. The van der Waals surface area contributed by atoms with Gasteiger partial charge in [-0.3, -0.25) is 4.79 Å². The van der Waals surface area contributed by atoms with E-state index in [2.05, 4.69) is 0 Å². The Bertz CT molecular complexity index is 1470. The van der Waals surface area contributed by atoms with Gasteiger partial charge in [0.25, 0.3) is 0 Å². The molecule has 0 N–H and O–H groups in total. The van der Waals surface area contributed by atoms with E-state index in [1.54, 1.807) is 12.1 Å². The van der Waals surface area contributed by atoms with E-state index >= 15 is 0 Å². The van der Waals surface area contributed by atoms with Crippen LogP contribution in [0.5, 0.6) is 0 Å². The highest BCUT2D eigenvalue weighted by Crippen LogP contribution is 2.45. The standard InChI is InChI=1S/C26H14FNO/c27-17-12-9-16(10-13-17)22-23-18-6-2-1-5-15(18)11-14-21(23)28-25-19-7-3-4-8-20(19)26(29)24(22)25/h1-14H. The summed E-state index contributed by atoms with van der Waals surface area (Å²) in [6.45, 7) is 0. The first-order valence-electron chi connectivity index (χ1n) is 9.48. The fraction of sp³-hybridized carbons (Fsp3) is 0. The molecule has 1 aliphatic rings. The predicted octanol–water partition coefficient (Wildman–Crippen LogP) is 6.41. The number of carbonyl (C=O) groups excluding carboxylic acids is 1. The Kier molecular flexibility index (Phi) is 3.24. The maximum Gasteiger partial charge on any atom is 0.196 e. The number of benzene rings is 4. The maximum absolute atomic E-state index is 13.7. The Balaban J connectivity index is 1.85. The summed E-state index contributed by atoms with van der Waals surface area (Å²) in [4.78, 5) is 18.3. The second kappa shape index (κ2) is 5.82. The van der Waals surface area contributed by atoms with Crippen molar-refractivity contribution in [2.75, 3.05) is 0 Å². The molecule has 0 aliphatic heterocycles. The molecular weight excluding hydrogens is 361 g/mol. The van der Waals surface area contributed by atoms with Crippen LogP contribution >= 0.6 is 0 Å². The van der Waals surface area contributed by atoms with Crippen LogP contribution in [0.1, 0.15) is 15.9 Å². The largest absolute Gasteiger partial charge is 0.288 e. The van der Waals surface area contributed by atoms with Gasteiger partial charge in [0.15, 0.2) is 5.78 Å². The van der Waals surface area contributed by atoms with E-state index < -0.39 is 0 Å². The molecule has 0 spiro atoms. The highest BCUT2D eigenvalue weighted by molar-refractivity contribution is 6.29. The first-order chi connectivity index (χ1) is 14.2. The first kappa shape index (κ1) is 16.1. The average Bonchev–Trinajstić information content (AvgIpc) is 3.05. The number of fused-ring (bicyclic) bond motifs is 6. The van der Waals surface area contributed by atoms with Gasteiger partial charge in [-0.1, -0.05) is 66.7 Å². The fourth-order valence-corrected chi connectivity index (χ4v) is 4.38. The lowest BCUT2D eigenvalue weighted by Crippen LogP contribution is -2.01. The number of halogens is 1. The van der Waals surface area contributed by atoms with E-state index in [1.807, 2.05) is 60.7 Å². The van der Waals surface area contributed by atoms with Gasteiger partial charge in [0.05, 0.1) is 16.8 Å². The van der Waals surface area contributed by atoms with Crippen molar-refractivity contribution in [1.29, 1.82) is 0 Å². The Morgan fingerprint density at radius 2 is 1.41 bits per heavy atom. The van der Waals surface area contributed by atoms with E-state index in [4.69, 9.17) is 4.98 Å². The highest BCUT2D eigenvalue weighted by atomic mass is 19.1. The number of hydrogen-bond acceptors (Lipinski definition) is 2. The number of aromatic nitrogens is 1. The van der Waals surface area contributed by atoms with Crippen LogP contribution in [0.4, 0.5) is 4.39 Å². The van der Waals surface area contributed by atoms with E-state index in [0.29, 0.717) is 16.8 Å². The van der Waals surface area contributed by atoms with Crippen LogP contribution in [0.2, 0.25) is 0 Å². The third kappa shape index (κ3) is 2.21. The van der Waals surface area contributed by atoms with Crippen molar-refractivity contribution in [2.24, 2.45) is 0 Å². The van der Waals surface area contributed by atoms with Gasteiger partial charge in [-0.05, 0) is 34.5 Å². The summed E-state index contributed by atoms with van der Waals surface area (Å²) >= 11 is 0. The van der Waals surface area contributed by atoms with Gasteiger partial charge in [0.1, 0.15) is 5.82 Å². The van der Waals surface area contributed by atoms with Crippen LogP contribution in [0.25, 0.3) is 44.1 Å². The van der Waals surface area contributed by atoms with Crippen molar-refractivity contribution < 1.29 is 9.18 Å². The van der Waals surface area contributed by atoms with Crippen molar-refractivity contribution in [3.8, 4) is 22.4 Å². The van der Waals surface area contributed by atoms with Gasteiger partial charge in [0, 0.05) is 22.1 Å². The minimum Gasteiger partial charge on any atom is -0.288 e. The molecule has 0 saturated heterocycles. The normalized spacial score (nSPS) is 12.4. The summed E-state index contributed by atoms with van der Waals surface area (Å²) in [5.41, 5.74) is 5.28. The second-order valence-electron chi connectivity index (χ2n) is 7.27. The van der Waals surface area contributed by atoms with Crippen LogP contribution in [0.15, 0.2) is 84.9 Å². The van der Waals surface area contributed by atoms with Gasteiger partial charge in [-0.15, -0.1) is 0 Å². The molecule has 5 aromatic rings. The van der Waals surface area contributed by atoms with Crippen LogP contribution in [-0.2, 0) is 0 Å². The molecule has 0 bridgehead atoms. The molecule has 136 valence electrons. The van der Waals surface area contributed by atoms with Gasteiger partial charge in [-0.25, -0.2) is 9.37 Å². The molecule has 2 nitrogen and oxygen atoms in total. The van der Waals surface area contributed by atoms with Crippen LogP contribution in [0.3, 0.4) is 0 Å². The number of ketones is 1. The molecule has 1 heterocycles. The number of pyridine rings is 1. The Labute approximate surface area is 166 Å². The summed E-state index contributed by atoms with van der Waals surface area (Å²) in [5.74, 6) is -0.333. The Hall–Kier alpha value is -3.85. The minimum absolute atomic E-state index is 0.0303. The molecule has 4 aromatic carbocycles. The Morgan fingerprint density at radius 1 is 0.690 bits per heavy atom. The molecule has 0 atom stereocenters. The number of hydrogen-bond donors (Lipinski definition) is 0. The monoisotopic (exact) mass is 375 g/mol. The maximum atomic E-state index is 13.7. The summed E-state index contributed by atoms with van der Waals surface area (Å²) in [5, 5.41) is 3.03. The van der Waals surface area contributed by atoms with E-state index in [9.17, 15) is 9.18 Å². The third-order valence-corrected chi connectivity index (χ3v) is 5.66. The van der Waals surface area contributed by atoms with Crippen LogP contribution < -0.4 is 0 Å². The van der Waals surface area contributed by atoms with Crippen molar-refractivity contribution >= 4 is 27.5 Å². The lowest BCUT2D eigenvalue weighted by atomic mass is 9.91. The molecule has 1 aliphatic carbocycles. The summed E-state index contributed by atoms with van der Waals surface area (Å²) in [6, 6.07) is 26.0. The first-order valence-corrected chi connectivity index (χ1v) is 9.48. The Morgan fingerprint density at radius 3 is 2.24 bits per heavy atom. The minimum atomic E-state index is -0.303. The summed E-state index contributed by atoms with van der Waals surface area (Å²) in [7, 11) is 0. The van der Waals surface area contributed by atoms with E-state index in [0.717, 1.165) is 38.4 Å². The average molecular weight is 375 g/mol. The summed E-state index contributed by atoms with van der Waals surface area (Å²) in [6.07, 6.45) is 0. The van der Waals surface area contributed by atoms with Gasteiger partial charge in [-0.2, -0.15) is 0 Å². The molecule has 0 unspecified atom stereocenters. The molecular formula is C26H14FNO. The molecule has 29 heavy (non-hydrogen) atoms. The zero-order valence-corrected chi connectivity index (χ0v) is 15.3. The van der Waals surface area contributed by atoms with Crippen molar-refractivity contribution in [3.05, 3.63) is 102 Å². The quantitative estimate of drug-likeness (QED) is 0.311. The topological polar surface area (TPSA) is 30.0 Å². The molecule has 0 fully saturated rings. The molecule has 1 aromatic heterocycles.